The summed E-state index contributed by atoms with van der Waals surface area (Å²) < 4.78 is 12.1. The fraction of sp³-hybridized carbons (Fsp3) is 0.600. The summed E-state index contributed by atoms with van der Waals surface area (Å²) in [6.07, 6.45) is 0. The summed E-state index contributed by atoms with van der Waals surface area (Å²) in [4.78, 5) is 0. The Balaban J connectivity index is 3.15. The van der Waals surface area contributed by atoms with E-state index >= 15 is 0 Å². The van der Waals surface area contributed by atoms with Crippen LogP contribution in [0.15, 0.2) is 30.3 Å². The van der Waals surface area contributed by atoms with Crippen molar-refractivity contribution in [3.8, 4) is 0 Å². The third-order valence-corrected chi connectivity index (χ3v) is 4.85. The van der Waals surface area contributed by atoms with E-state index in [0.29, 0.717) is 5.75 Å². The average molecular weight is 282 g/mol. The van der Waals surface area contributed by atoms with Crippen molar-refractivity contribution in [3.63, 3.8) is 0 Å². The number of hydrogen-bond donors (Lipinski definition) is 0. The van der Waals surface area contributed by atoms with Crippen molar-refractivity contribution in [1.82, 2.24) is 5.06 Å². The van der Waals surface area contributed by atoms with Crippen LogP contribution in [0.25, 0.3) is 0 Å². The topological polar surface area (TPSA) is 43.4 Å². The second kappa shape index (κ2) is 6.64. The van der Waals surface area contributed by atoms with Gasteiger partial charge < -0.3 is 10.3 Å². The maximum absolute atomic E-state index is 12.6. The van der Waals surface area contributed by atoms with E-state index in [4.69, 9.17) is 0 Å². The first-order valence-corrected chi connectivity index (χ1v) is 8.05. The second-order valence-corrected chi connectivity index (χ2v) is 7.81. The molecule has 0 amide bonds. The van der Waals surface area contributed by atoms with Crippen molar-refractivity contribution in [1.29, 1.82) is 0 Å². The lowest BCUT2D eigenvalue weighted by atomic mass is 9.99. The number of hydroxylamine groups is 2. The number of benzene rings is 1. The molecular formula is C15H24NO2S-. The third kappa shape index (κ3) is 4.13. The van der Waals surface area contributed by atoms with Crippen LogP contribution in [0.2, 0.25) is 0 Å². The summed E-state index contributed by atoms with van der Waals surface area (Å²) in [7, 11) is -0.999. The molecule has 0 aliphatic carbocycles. The maximum Gasteiger partial charge on any atom is 0.0508 e. The minimum absolute atomic E-state index is 0.191. The van der Waals surface area contributed by atoms with Crippen molar-refractivity contribution in [2.75, 3.05) is 5.75 Å². The zero-order valence-corrected chi connectivity index (χ0v) is 13.2. The van der Waals surface area contributed by atoms with Crippen molar-refractivity contribution in [3.05, 3.63) is 41.1 Å². The molecule has 0 aliphatic heterocycles. The molecule has 0 aromatic heterocycles. The van der Waals surface area contributed by atoms with E-state index in [1.807, 2.05) is 65.0 Å². The molecule has 3 atom stereocenters. The Morgan fingerprint density at radius 1 is 1.26 bits per heavy atom. The van der Waals surface area contributed by atoms with Crippen LogP contribution in [-0.4, -0.2) is 25.8 Å². The summed E-state index contributed by atoms with van der Waals surface area (Å²) in [6, 6.07) is 9.26. The van der Waals surface area contributed by atoms with E-state index in [1.165, 1.54) is 0 Å². The fourth-order valence-electron chi connectivity index (χ4n) is 2.07. The summed E-state index contributed by atoms with van der Waals surface area (Å²) in [6.45, 7) is 9.45. The van der Waals surface area contributed by atoms with Gasteiger partial charge in [-0.15, -0.1) is 0 Å². The Hall–Kier alpha value is -0.710. The lowest BCUT2D eigenvalue weighted by molar-refractivity contribution is 0.144. The number of rotatable bonds is 5. The van der Waals surface area contributed by atoms with Crippen LogP contribution >= 0.6 is 0 Å². The van der Waals surface area contributed by atoms with Gasteiger partial charge in [0.25, 0.3) is 0 Å². The fourth-order valence-corrected chi connectivity index (χ4v) is 3.15. The molecule has 0 aliphatic rings. The zero-order chi connectivity index (χ0) is 14.6. The van der Waals surface area contributed by atoms with Crippen LogP contribution in [0.5, 0.6) is 0 Å². The second-order valence-electron chi connectivity index (χ2n) is 5.73. The molecule has 0 saturated carbocycles. The van der Waals surface area contributed by atoms with E-state index in [-0.39, 0.29) is 11.3 Å². The molecule has 0 radical (unpaired) electrons. The van der Waals surface area contributed by atoms with Gasteiger partial charge in [0, 0.05) is 28.1 Å². The average Bonchev–Trinajstić information content (AvgIpc) is 2.38. The van der Waals surface area contributed by atoms with Gasteiger partial charge in [0.05, 0.1) is 5.25 Å². The zero-order valence-electron chi connectivity index (χ0n) is 12.4. The molecule has 0 heterocycles. The highest BCUT2D eigenvalue weighted by atomic mass is 32.2. The van der Waals surface area contributed by atoms with Gasteiger partial charge in [-0.2, -0.15) is 0 Å². The molecule has 3 nitrogen and oxygen atoms in total. The van der Waals surface area contributed by atoms with Crippen molar-refractivity contribution >= 4 is 10.8 Å². The Labute approximate surface area is 119 Å². The van der Waals surface area contributed by atoms with E-state index in [1.54, 1.807) is 0 Å². The number of nitrogens with zero attached hydrogens (tertiary/aromatic N) is 1. The van der Waals surface area contributed by atoms with Crippen LogP contribution in [0.4, 0.5) is 0 Å². The van der Waals surface area contributed by atoms with Gasteiger partial charge >= 0.3 is 0 Å². The first-order valence-electron chi connectivity index (χ1n) is 6.67. The molecule has 0 fully saturated rings. The lowest BCUT2D eigenvalue weighted by Gasteiger charge is -2.49. The van der Waals surface area contributed by atoms with Crippen LogP contribution in [-0.2, 0) is 10.8 Å². The Morgan fingerprint density at radius 3 is 2.21 bits per heavy atom. The highest BCUT2D eigenvalue weighted by Gasteiger charge is 2.29. The highest BCUT2D eigenvalue weighted by molar-refractivity contribution is 7.85. The van der Waals surface area contributed by atoms with Gasteiger partial charge in [-0.05, 0) is 33.3 Å². The van der Waals surface area contributed by atoms with Gasteiger partial charge in [-0.25, -0.2) is 0 Å². The molecule has 1 aromatic carbocycles. The van der Waals surface area contributed by atoms with Gasteiger partial charge in [0.2, 0.25) is 0 Å². The minimum Gasteiger partial charge on any atom is -0.784 e. The van der Waals surface area contributed by atoms with Crippen LogP contribution < -0.4 is 0 Å². The van der Waals surface area contributed by atoms with Crippen molar-refractivity contribution in [2.45, 2.75) is 51.4 Å². The standard InChI is InChI=1S/C15H24NO2S/c1-6-19(18)12(2)14(16(17)15(3,4)5)13-10-8-7-9-11-13/h7-12,14H,6H2,1-5H3/q-1. The number of hydrogen-bond acceptors (Lipinski definition) is 3. The smallest absolute Gasteiger partial charge is 0.0508 e. The van der Waals surface area contributed by atoms with E-state index in [0.717, 1.165) is 10.6 Å². The summed E-state index contributed by atoms with van der Waals surface area (Å²) in [5, 5.41) is 13.5. The van der Waals surface area contributed by atoms with Gasteiger partial charge in [-0.3, -0.25) is 4.21 Å². The first-order chi connectivity index (χ1) is 8.79. The minimum atomic E-state index is -0.999. The Morgan fingerprint density at radius 2 is 1.79 bits per heavy atom. The molecule has 0 saturated heterocycles. The van der Waals surface area contributed by atoms with Gasteiger partial charge in [0.15, 0.2) is 0 Å². The molecule has 0 N–H and O–H groups in total. The summed E-state index contributed by atoms with van der Waals surface area (Å²) in [5.74, 6) is 0.572. The third-order valence-electron chi connectivity index (χ3n) is 3.20. The normalized spacial score (nSPS) is 17.2. The van der Waals surface area contributed by atoms with Crippen LogP contribution in [0.3, 0.4) is 0 Å². The molecular weight excluding hydrogens is 258 g/mol. The molecule has 4 heteroatoms. The SMILES string of the molecule is CCS(=O)C(C)C(c1ccccc1)N([O-])C(C)(C)C. The quantitative estimate of drug-likeness (QED) is 0.777. The first kappa shape index (κ1) is 16.3. The maximum atomic E-state index is 12.6. The molecule has 0 spiro atoms. The van der Waals surface area contributed by atoms with Crippen molar-refractivity contribution < 1.29 is 4.21 Å². The van der Waals surface area contributed by atoms with Gasteiger partial charge in [-0.1, -0.05) is 37.3 Å². The molecule has 0 bridgehead atoms. The van der Waals surface area contributed by atoms with E-state index in [2.05, 4.69) is 0 Å². The van der Waals surface area contributed by atoms with E-state index in [9.17, 15) is 9.42 Å². The highest BCUT2D eigenvalue weighted by Crippen LogP contribution is 2.32. The monoisotopic (exact) mass is 282 g/mol. The molecule has 1 rings (SSSR count). The predicted molar refractivity (Wildman–Crippen MR) is 82.3 cm³/mol. The lowest BCUT2D eigenvalue weighted by Crippen LogP contribution is -2.44. The molecule has 108 valence electrons. The van der Waals surface area contributed by atoms with Crippen LogP contribution in [0, 0.1) is 5.21 Å². The Bertz CT molecular complexity index is 414. The Kier molecular flexibility index (Phi) is 5.71. The molecule has 19 heavy (non-hydrogen) atoms. The summed E-state index contributed by atoms with van der Waals surface area (Å²) in [5.41, 5.74) is 0.425. The van der Waals surface area contributed by atoms with E-state index < -0.39 is 16.3 Å². The van der Waals surface area contributed by atoms with Crippen LogP contribution in [0.1, 0.15) is 46.2 Å². The largest absolute Gasteiger partial charge is 0.784 e. The molecule has 1 aromatic rings. The van der Waals surface area contributed by atoms with Gasteiger partial charge in [0.1, 0.15) is 0 Å². The summed E-state index contributed by atoms with van der Waals surface area (Å²) >= 11 is 0. The predicted octanol–water partition coefficient (Wildman–Crippen LogP) is 3.48. The van der Waals surface area contributed by atoms with Crippen molar-refractivity contribution in [2.24, 2.45) is 0 Å². The molecule has 3 unspecified atom stereocenters.